The van der Waals surface area contributed by atoms with Crippen molar-refractivity contribution in [3.05, 3.63) is 29.8 Å². The van der Waals surface area contributed by atoms with E-state index in [1.807, 2.05) is 18.2 Å². The number of ether oxygens (including phenoxy) is 1. The molecule has 0 aliphatic carbocycles. The van der Waals surface area contributed by atoms with Crippen molar-refractivity contribution in [2.24, 2.45) is 0 Å². The van der Waals surface area contributed by atoms with Crippen molar-refractivity contribution >= 4 is 5.91 Å². The first-order valence-electron chi connectivity index (χ1n) is 7.93. The molecule has 2 rings (SSSR count). The van der Waals surface area contributed by atoms with Gasteiger partial charge in [-0.1, -0.05) is 12.1 Å². The molecule has 0 radical (unpaired) electrons. The van der Waals surface area contributed by atoms with Crippen LogP contribution in [0.15, 0.2) is 24.3 Å². The monoisotopic (exact) mass is 290 g/mol. The van der Waals surface area contributed by atoms with Crippen molar-refractivity contribution in [3.63, 3.8) is 0 Å². The normalized spacial score (nSPS) is 17.7. The number of carbonyl (C=O) groups is 1. The second kappa shape index (κ2) is 8.67. The Morgan fingerprint density at radius 2 is 2.33 bits per heavy atom. The Hall–Kier alpha value is -1.55. The highest BCUT2D eigenvalue weighted by molar-refractivity contribution is 5.75. The van der Waals surface area contributed by atoms with Crippen LogP contribution in [0.3, 0.4) is 0 Å². The van der Waals surface area contributed by atoms with Gasteiger partial charge in [0, 0.05) is 19.0 Å². The minimum absolute atomic E-state index is 0.152. The Labute approximate surface area is 127 Å². The van der Waals surface area contributed by atoms with Crippen molar-refractivity contribution in [1.82, 2.24) is 10.6 Å². The van der Waals surface area contributed by atoms with Crippen LogP contribution in [0.2, 0.25) is 0 Å². The maximum Gasteiger partial charge on any atom is 0.220 e. The van der Waals surface area contributed by atoms with Crippen LogP contribution >= 0.6 is 0 Å². The molecule has 1 aromatic rings. The molecule has 1 fully saturated rings. The smallest absolute Gasteiger partial charge is 0.220 e. The lowest BCUT2D eigenvalue weighted by molar-refractivity contribution is -0.121. The average Bonchev–Trinajstić information content (AvgIpc) is 2.98. The number of carbonyl (C=O) groups excluding carboxylic acids is 1. The van der Waals surface area contributed by atoms with Gasteiger partial charge in [0.2, 0.25) is 5.91 Å². The van der Waals surface area contributed by atoms with E-state index in [9.17, 15) is 4.79 Å². The standard InChI is InChI=1S/C17H26N2O2/c1-14-6-4-8-16(12-14)21-11-3-2-9-17(20)19-13-15-7-5-10-18-15/h4,6,8,12,15,18H,2-3,5,7,9-11,13H2,1H3,(H,19,20). The van der Waals surface area contributed by atoms with E-state index in [1.54, 1.807) is 0 Å². The summed E-state index contributed by atoms with van der Waals surface area (Å²) in [6, 6.07) is 8.51. The molecule has 1 unspecified atom stereocenters. The van der Waals surface area contributed by atoms with Crippen molar-refractivity contribution in [2.75, 3.05) is 19.7 Å². The third kappa shape index (κ3) is 6.17. The van der Waals surface area contributed by atoms with Gasteiger partial charge < -0.3 is 15.4 Å². The van der Waals surface area contributed by atoms with E-state index in [1.165, 1.54) is 18.4 Å². The third-order valence-corrected chi connectivity index (χ3v) is 3.76. The minimum atomic E-state index is 0.152. The molecule has 1 amide bonds. The van der Waals surface area contributed by atoms with E-state index < -0.39 is 0 Å². The summed E-state index contributed by atoms with van der Waals surface area (Å²) in [5.41, 5.74) is 1.20. The minimum Gasteiger partial charge on any atom is -0.494 e. The molecule has 1 aromatic carbocycles. The molecule has 1 saturated heterocycles. The van der Waals surface area contributed by atoms with Gasteiger partial charge in [-0.05, 0) is 56.8 Å². The zero-order valence-electron chi connectivity index (χ0n) is 12.9. The van der Waals surface area contributed by atoms with Gasteiger partial charge in [-0.3, -0.25) is 4.79 Å². The summed E-state index contributed by atoms with van der Waals surface area (Å²) in [5.74, 6) is 1.06. The Morgan fingerprint density at radius 3 is 3.10 bits per heavy atom. The molecular formula is C17H26N2O2. The summed E-state index contributed by atoms with van der Waals surface area (Å²) in [7, 11) is 0. The molecule has 1 aliphatic heterocycles. The van der Waals surface area contributed by atoms with Crippen LogP contribution in [0.25, 0.3) is 0 Å². The zero-order valence-corrected chi connectivity index (χ0v) is 12.9. The van der Waals surface area contributed by atoms with E-state index in [0.29, 0.717) is 19.1 Å². The van der Waals surface area contributed by atoms with Crippen LogP contribution < -0.4 is 15.4 Å². The molecule has 1 aliphatic rings. The van der Waals surface area contributed by atoms with Gasteiger partial charge in [-0.15, -0.1) is 0 Å². The summed E-state index contributed by atoms with van der Waals surface area (Å²) >= 11 is 0. The summed E-state index contributed by atoms with van der Waals surface area (Å²) in [6.07, 6.45) is 4.75. The van der Waals surface area contributed by atoms with E-state index in [4.69, 9.17) is 4.74 Å². The average molecular weight is 290 g/mol. The first-order valence-corrected chi connectivity index (χ1v) is 7.93. The Balaban J connectivity index is 1.50. The van der Waals surface area contributed by atoms with Gasteiger partial charge >= 0.3 is 0 Å². The van der Waals surface area contributed by atoms with Crippen LogP contribution in [-0.4, -0.2) is 31.6 Å². The SMILES string of the molecule is Cc1cccc(OCCCCC(=O)NCC2CCCN2)c1. The second-order valence-corrected chi connectivity index (χ2v) is 5.72. The largest absolute Gasteiger partial charge is 0.494 e. The lowest BCUT2D eigenvalue weighted by Gasteiger charge is -2.11. The molecule has 1 atom stereocenters. The fourth-order valence-corrected chi connectivity index (χ4v) is 2.54. The van der Waals surface area contributed by atoms with Gasteiger partial charge in [-0.25, -0.2) is 0 Å². The van der Waals surface area contributed by atoms with E-state index >= 15 is 0 Å². The van der Waals surface area contributed by atoms with Gasteiger partial charge in [0.15, 0.2) is 0 Å². The maximum atomic E-state index is 11.7. The number of nitrogens with one attached hydrogen (secondary N) is 2. The number of aryl methyl sites for hydroxylation is 1. The van der Waals surface area contributed by atoms with E-state index in [-0.39, 0.29) is 5.91 Å². The predicted octanol–water partition coefficient (Wildman–Crippen LogP) is 2.41. The van der Waals surface area contributed by atoms with Gasteiger partial charge in [-0.2, -0.15) is 0 Å². The van der Waals surface area contributed by atoms with Crippen molar-refractivity contribution < 1.29 is 9.53 Å². The van der Waals surface area contributed by atoms with Gasteiger partial charge in [0.1, 0.15) is 5.75 Å². The third-order valence-electron chi connectivity index (χ3n) is 3.76. The van der Waals surface area contributed by atoms with Crippen LogP contribution in [0.5, 0.6) is 5.75 Å². The molecule has 116 valence electrons. The van der Waals surface area contributed by atoms with Gasteiger partial charge in [0.25, 0.3) is 0 Å². The number of hydrogen-bond acceptors (Lipinski definition) is 3. The van der Waals surface area contributed by atoms with Crippen LogP contribution in [0.4, 0.5) is 0 Å². The Morgan fingerprint density at radius 1 is 1.43 bits per heavy atom. The van der Waals surface area contributed by atoms with E-state index in [0.717, 1.165) is 31.7 Å². The van der Waals surface area contributed by atoms with Crippen LogP contribution in [-0.2, 0) is 4.79 Å². The lowest BCUT2D eigenvalue weighted by atomic mass is 10.2. The second-order valence-electron chi connectivity index (χ2n) is 5.72. The van der Waals surface area contributed by atoms with E-state index in [2.05, 4.69) is 23.6 Å². The fourth-order valence-electron chi connectivity index (χ4n) is 2.54. The van der Waals surface area contributed by atoms with Crippen molar-refractivity contribution in [3.8, 4) is 5.75 Å². The molecule has 21 heavy (non-hydrogen) atoms. The highest BCUT2D eigenvalue weighted by atomic mass is 16.5. The maximum absolute atomic E-state index is 11.7. The molecule has 0 saturated carbocycles. The number of amides is 1. The molecule has 1 heterocycles. The highest BCUT2D eigenvalue weighted by Crippen LogP contribution is 2.12. The summed E-state index contributed by atoms with van der Waals surface area (Å²) in [5, 5.41) is 6.37. The quantitative estimate of drug-likeness (QED) is 0.723. The van der Waals surface area contributed by atoms with Crippen LogP contribution in [0.1, 0.15) is 37.7 Å². The molecule has 0 bridgehead atoms. The zero-order chi connectivity index (χ0) is 14.9. The number of hydrogen-bond donors (Lipinski definition) is 2. The van der Waals surface area contributed by atoms with Crippen molar-refractivity contribution in [2.45, 2.75) is 45.1 Å². The van der Waals surface area contributed by atoms with Crippen LogP contribution in [0, 0.1) is 6.92 Å². The molecule has 4 heteroatoms. The van der Waals surface area contributed by atoms with Gasteiger partial charge in [0.05, 0.1) is 6.61 Å². The number of unbranched alkanes of at least 4 members (excludes halogenated alkanes) is 1. The molecular weight excluding hydrogens is 264 g/mol. The topological polar surface area (TPSA) is 50.4 Å². The molecule has 0 spiro atoms. The lowest BCUT2D eigenvalue weighted by Crippen LogP contribution is -2.37. The molecule has 4 nitrogen and oxygen atoms in total. The first-order chi connectivity index (χ1) is 10.2. The van der Waals surface area contributed by atoms with Crippen molar-refractivity contribution in [1.29, 1.82) is 0 Å². The Bertz CT molecular complexity index is 442. The molecule has 0 aromatic heterocycles. The highest BCUT2D eigenvalue weighted by Gasteiger charge is 2.14. The first kappa shape index (κ1) is 15.8. The summed E-state index contributed by atoms with van der Waals surface area (Å²) in [6.45, 7) is 4.56. The number of benzene rings is 1. The molecule has 2 N–H and O–H groups in total. The predicted molar refractivity (Wildman–Crippen MR) is 84.6 cm³/mol. The Kier molecular flexibility index (Phi) is 6.54. The number of rotatable bonds is 8. The summed E-state index contributed by atoms with van der Waals surface area (Å²) in [4.78, 5) is 11.7. The fraction of sp³-hybridized carbons (Fsp3) is 0.588. The summed E-state index contributed by atoms with van der Waals surface area (Å²) < 4.78 is 5.67.